The van der Waals surface area contributed by atoms with Crippen LogP contribution in [0.25, 0.3) is 11.4 Å². The lowest BCUT2D eigenvalue weighted by Crippen LogP contribution is -2.56. The van der Waals surface area contributed by atoms with Gasteiger partial charge in [-0.15, -0.1) is 0 Å². The molecule has 2 aromatic carbocycles. The van der Waals surface area contributed by atoms with Crippen molar-refractivity contribution in [2.45, 2.75) is 18.9 Å². The molecule has 3 aliphatic rings. The molecule has 0 spiro atoms. The van der Waals surface area contributed by atoms with Gasteiger partial charge in [0.25, 0.3) is 0 Å². The molecular formula is C31H35N7O3. The van der Waals surface area contributed by atoms with Crippen LogP contribution in [0.4, 0.5) is 17.2 Å². The number of carbonyl (C=O) groups excluding carboxylic acids is 1. The maximum Gasteiger partial charge on any atom is 0.222 e. The molecule has 41 heavy (non-hydrogen) atoms. The summed E-state index contributed by atoms with van der Waals surface area (Å²) < 4.78 is 11.3. The van der Waals surface area contributed by atoms with Crippen LogP contribution < -0.4 is 15.0 Å². The van der Waals surface area contributed by atoms with E-state index in [9.17, 15) is 10.1 Å². The number of benzene rings is 2. The lowest BCUT2D eigenvalue weighted by Gasteiger charge is -2.43. The molecule has 10 heteroatoms. The van der Waals surface area contributed by atoms with Gasteiger partial charge in [0.2, 0.25) is 5.91 Å². The first-order valence-corrected chi connectivity index (χ1v) is 14.2. The quantitative estimate of drug-likeness (QED) is 0.448. The van der Waals surface area contributed by atoms with E-state index in [4.69, 9.17) is 9.47 Å². The fraction of sp³-hybridized carbons (Fsp3) is 0.419. The topological polar surface area (TPSA) is 107 Å². The highest BCUT2D eigenvalue weighted by Gasteiger charge is 2.29. The first-order chi connectivity index (χ1) is 20.1. The molecule has 3 saturated heterocycles. The fourth-order valence-electron chi connectivity index (χ4n) is 5.49. The summed E-state index contributed by atoms with van der Waals surface area (Å²) in [5.74, 6) is 1.99. The Hall–Kier alpha value is -4.20. The number of carbonyl (C=O) groups is 1. The van der Waals surface area contributed by atoms with Crippen molar-refractivity contribution in [2.24, 2.45) is 5.92 Å². The summed E-state index contributed by atoms with van der Waals surface area (Å²) in [6.07, 6.45) is 3.08. The monoisotopic (exact) mass is 553 g/mol. The lowest BCUT2D eigenvalue weighted by molar-refractivity contribution is -0.133. The van der Waals surface area contributed by atoms with E-state index in [0.717, 1.165) is 63.6 Å². The number of aromatic nitrogens is 2. The SMILES string of the molecule is CN1CCC(COc2ccc(-c3nccc(Nc4ccc(N5CCN(C6COC6)CC5)cc4)n3)cc2C#N)CC1=O. The second kappa shape index (κ2) is 12.1. The van der Waals surface area contributed by atoms with E-state index in [1.165, 1.54) is 5.69 Å². The van der Waals surface area contributed by atoms with Crippen LogP contribution in [0.3, 0.4) is 0 Å². The van der Waals surface area contributed by atoms with Crippen molar-refractivity contribution >= 4 is 23.1 Å². The lowest BCUT2D eigenvalue weighted by atomic mass is 9.97. The molecule has 1 amide bonds. The summed E-state index contributed by atoms with van der Waals surface area (Å²) in [6, 6.07) is 18.5. The van der Waals surface area contributed by atoms with E-state index in [2.05, 4.69) is 55.4 Å². The summed E-state index contributed by atoms with van der Waals surface area (Å²) in [4.78, 5) is 27.8. The van der Waals surface area contributed by atoms with Crippen molar-refractivity contribution in [2.75, 3.05) is 69.8 Å². The molecule has 1 atom stereocenters. The van der Waals surface area contributed by atoms with Gasteiger partial charge in [-0.3, -0.25) is 9.69 Å². The van der Waals surface area contributed by atoms with Gasteiger partial charge >= 0.3 is 0 Å². The summed E-state index contributed by atoms with van der Waals surface area (Å²) >= 11 is 0. The van der Waals surface area contributed by atoms with Crippen LogP contribution in [0.1, 0.15) is 18.4 Å². The second-order valence-corrected chi connectivity index (χ2v) is 11.0. The van der Waals surface area contributed by atoms with Gasteiger partial charge in [0, 0.05) is 75.2 Å². The number of rotatable bonds is 8. The van der Waals surface area contributed by atoms with Crippen LogP contribution in [0.2, 0.25) is 0 Å². The number of nitrogens with zero attached hydrogens (tertiary/aromatic N) is 6. The van der Waals surface area contributed by atoms with E-state index in [0.29, 0.717) is 42.0 Å². The van der Waals surface area contributed by atoms with Gasteiger partial charge in [0.05, 0.1) is 31.4 Å². The van der Waals surface area contributed by atoms with E-state index in [1.54, 1.807) is 23.2 Å². The van der Waals surface area contributed by atoms with Gasteiger partial charge in [0.1, 0.15) is 17.6 Å². The number of nitrogens with one attached hydrogen (secondary N) is 1. The zero-order valence-electron chi connectivity index (χ0n) is 23.3. The van der Waals surface area contributed by atoms with Gasteiger partial charge < -0.3 is 24.6 Å². The molecule has 1 aromatic heterocycles. The first-order valence-electron chi connectivity index (χ1n) is 14.2. The highest BCUT2D eigenvalue weighted by atomic mass is 16.5. The molecule has 4 heterocycles. The Kier molecular flexibility index (Phi) is 7.98. The van der Waals surface area contributed by atoms with Gasteiger partial charge in [-0.2, -0.15) is 5.26 Å². The third-order valence-corrected chi connectivity index (χ3v) is 8.21. The highest BCUT2D eigenvalue weighted by Crippen LogP contribution is 2.28. The molecule has 0 radical (unpaired) electrons. The van der Waals surface area contributed by atoms with Crippen LogP contribution in [-0.4, -0.2) is 91.3 Å². The number of amides is 1. The number of hydrogen-bond donors (Lipinski definition) is 1. The molecule has 3 aromatic rings. The van der Waals surface area contributed by atoms with Crippen LogP contribution in [0, 0.1) is 17.2 Å². The van der Waals surface area contributed by atoms with E-state index in [-0.39, 0.29) is 11.8 Å². The Balaban J connectivity index is 1.07. The largest absolute Gasteiger partial charge is 0.492 e. The summed E-state index contributed by atoms with van der Waals surface area (Å²) in [5.41, 5.74) is 3.31. The van der Waals surface area contributed by atoms with Crippen LogP contribution in [0.5, 0.6) is 5.75 Å². The van der Waals surface area contributed by atoms with E-state index in [1.807, 2.05) is 19.2 Å². The molecule has 1 unspecified atom stereocenters. The molecule has 3 aliphatic heterocycles. The number of anilines is 3. The molecular weight excluding hydrogens is 518 g/mol. The van der Waals surface area contributed by atoms with Crippen molar-refractivity contribution in [1.29, 1.82) is 5.26 Å². The van der Waals surface area contributed by atoms with Crippen molar-refractivity contribution in [1.82, 2.24) is 19.8 Å². The molecule has 0 aliphatic carbocycles. The third kappa shape index (κ3) is 6.26. The average molecular weight is 554 g/mol. The predicted molar refractivity (Wildman–Crippen MR) is 156 cm³/mol. The third-order valence-electron chi connectivity index (χ3n) is 8.21. The van der Waals surface area contributed by atoms with Crippen LogP contribution >= 0.6 is 0 Å². The molecule has 212 valence electrons. The summed E-state index contributed by atoms with van der Waals surface area (Å²) in [6.45, 7) is 7.05. The minimum atomic E-state index is 0.135. The Bertz CT molecular complexity index is 1410. The number of likely N-dealkylation sites (tertiary alicyclic amines) is 1. The summed E-state index contributed by atoms with van der Waals surface area (Å²) in [7, 11) is 1.82. The first kappa shape index (κ1) is 27.0. The molecule has 6 rings (SSSR count). The van der Waals surface area contributed by atoms with Crippen molar-refractivity contribution < 1.29 is 14.3 Å². The maximum absolute atomic E-state index is 12.0. The van der Waals surface area contributed by atoms with Crippen LogP contribution in [0.15, 0.2) is 54.7 Å². The number of hydrogen-bond acceptors (Lipinski definition) is 9. The molecule has 0 bridgehead atoms. The summed E-state index contributed by atoms with van der Waals surface area (Å²) in [5, 5.41) is 13.1. The highest BCUT2D eigenvalue weighted by molar-refractivity contribution is 5.76. The average Bonchev–Trinajstić information content (AvgIpc) is 2.98. The molecule has 0 saturated carbocycles. The van der Waals surface area contributed by atoms with Crippen molar-refractivity contribution in [3.63, 3.8) is 0 Å². The maximum atomic E-state index is 12.0. The smallest absolute Gasteiger partial charge is 0.222 e. The molecule has 1 N–H and O–H groups in total. The minimum Gasteiger partial charge on any atom is -0.492 e. The van der Waals surface area contributed by atoms with Gasteiger partial charge in [0.15, 0.2) is 5.82 Å². The Morgan fingerprint density at radius 3 is 2.59 bits per heavy atom. The predicted octanol–water partition coefficient (Wildman–Crippen LogP) is 3.53. The zero-order valence-corrected chi connectivity index (χ0v) is 23.3. The number of nitriles is 1. The van der Waals surface area contributed by atoms with Gasteiger partial charge in [-0.25, -0.2) is 9.97 Å². The van der Waals surface area contributed by atoms with Gasteiger partial charge in [-0.05, 0) is 55.0 Å². The van der Waals surface area contributed by atoms with Crippen molar-refractivity contribution in [3.05, 3.63) is 60.3 Å². The number of ether oxygens (including phenoxy) is 2. The Morgan fingerprint density at radius 2 is 1.88 bits per heavy atom. The fourth-order valence-corrected chi connectivity index (χ4v) is 5.49. The number of piperazine rings is 1. The van der Waals surface area contributed by atoms with E-state index >= 15 is 0 Å². The van der Waals surface area contributed by atoms with Crippen LogP contribution in [-0.2, 0) is 9.53 Å². The normalized spacial score (nSPS) is 19.9. The standard InChI is InChI=1S/C31H35N7O3/c1-36-11-9-22(16-30(36)39)19-41-28-7-2-23(17-24(28)18-32)31-33-10-8-29(35-31)34-25-3-5-26(6-4-25)37-12-14-38(15-13-37)27-20-40-21-27/h2-8,10,17,22,27H,9,11-16,19-21H2,1H3,(H,33,34,35). The zero-order chi connectivity index (χ0) is 28.2. The number of piperidine rings is 1. The second-order valence-electron chi connectivity index (χ2n) is 11.0. The van der Waals surface area contributed by atoms with Crippen molar-refractivity contribution in [3.8, 4) is 23.2 Å². The van der Waals surface area contributed by atoms with Gasteiger partial charge in [-0.1, -0.05) is 0 Å². The molecule has 10 nitrogen and oxygen atoms in total. The Labute approximate surface area is 240 Å². The minimum absolute atomic E-state index is 0.135. The molecule has 3 fully saturated rings. The Morgan fingerprint density at radius 1 is 1.07 bits per heavy atom. The van der Waals surface area contributed by atoms with E-state index < -0.39 is 0 Å².